The Morgan fingerprint density at radius 3 is 2.30 bits per heavy atom. The van der Waals surface area contributed by atoms with Crippen molar-refractivity contribution in [1.82, 2.24) is 4.90 Å². The van der Waals surface area contributed by atoms with Crippen LogP contribution >= 0.6 is 0 Å². The fourth-order valence-corrected chi connectivity index (χ4v) is 3.60. The maximum atomic E-state index is 12.8. The lowest BCUT2D eigenvalue weighted by Crippen LogP contribution is -2.34. The van der Waals surface area contributed by atoms with Crippen LogP contribution in [0.5, 0.6) is 0 Å². The summed E-state index contributed by atoms with van der Waals surface area (Å²) in [6.07, 6.45) is 14.1. The van der Waals surface area contributed by atoms with E-state index in [1.165, 1.54) is 11.1 Å². The molecule has 0 unspecified atom stereocenters. The van der Waals surface area contributed by atoms with E-state index in [1.807, 2.05) is 0 Å². The summed E-state index contributed by atoms with van der Waals surface area (Å²) < 4.78 is 0. The van der Waals surface area contributed by atoms with Gasteiger partial charge in [-0.05, 0) is 52.9 Å². The number of ketones is 2. The number of allylic oxidation sites excluding steroid dienone is 5. The van der Waals surface area contributed by atoms with Crippen molar-refractivity contribution in [2.24, 2.45) is 0 Å². The minimum Gasteiger partial charge on any atom is -0.504 e. The fraction of sp³-hybridized carbons (Fsp3) is 0.615. The SMILES string of the molecule is CCCCCC1=C(N(CC=C(C)CCC=C(C)C)CCCCC)C(=O)C=C(O)C1=O. The summed E-state index contributed by atoms with van der Waals surface area (Å²) in [7, 11) is 0. The van der Waals surface area contributed by atoms with Gasteiger partial charge in [0.25, 0.3) is 0 Å². The minimum absolute atomic E-state index is 0.245. The molecule has 4 nitrogen and oxygen atoms in total. The predicted molar refractivity (Wildman–Crippen MR) is 125 cm³/mol. The fourth-order valence-electron chi connectivity index (χ4n) is 3.60. The largest absolute Gasteiger partial charge is 0.504 e. The number of carbonyl (C=O) groups excluding carboxylic acids is 2. The van der Waals surface area contributed by atoms with Crippen LogP contribution in [0.2, 0.25) is 0 Å². The third-order valence-electron chi connectivity index (χ3n) is 5.42. The second-order valence-corrected chi connectivity index (χ2v) is 8.53. The molecule has 1 aliphatic carbocycles. The van der Waals surface area contributed by atoms with Crippen molar-refractivity contribution in [2.75, 3.05) is 13.1 Å². The Hall–Kier alpha value is -2.10. The maximum absolute atomic E-state index is 12.8. The number of unbranched alkanes of at least 4 members (excludes halogenated alkanes) is 4. The summed E-state index contributed by atoms with van der Waals surface area (Å²) in [6.45, 7) is 12.0. The summed E-state index contributed by atoms with van der Waals surface area (Å²) in [6, 6.07) is 0. The zero-order chi connectivity index (χ0) is 22.5. The molecule has 0 bridgehead atoms. The van der Waals surface area contributed by atoms with Crippen LogP contribution < -0.4 is 0 Å². The van der Waals surface area contributed by atoms with Crippen LogP contribution in [-0.2, 0) is 9.59 Å². The van der Waals surface area contributed by atoms with Crippen molar-refractivity contribution in [3.63, 3.8) is 0 Å². The minimum atomic E-state index is -0.419. The molecule has 168 valence electrons. The quantitative estimate of drug-likeness (QED) is 0.197. The van der Waals surface area contributed by atoms with Crippen LogP contribution in [0.15, 0.2) is 46.4 Å². The molecule has 1 aliphatic rings. The number of Topliss-reactive ketones (excluding diaryl/α,β-unsaturated/α-hetero) is 1. The second-order valence-electron chi connectivity index (χ2n) is 8.53. The van der Waals surface area contributed by atoms with Crippen LogP contribution in [0.25, 0.3) is 0 Å². The highest BCUT2D eigenvalue weighted by atomic mass is 16.3. The number of nitrogens with zero attached hydrogens (tertiary/aromatic N) is 1. The maximum Gasteiger partial charge on any atom is 0.225 e. The number of carbonyl (C=O) groups is 2. The van der Waals surface area contributed by atoms with Gasteiger partial charge in [-0.2, -0.15) is 0 Å². The topological polar surface area (TPSA) is 57.6 Å². The van der Waals surface area contributed by atoms with E-state index in [0.29, 0.717) is 24.2 Å². The highest BCUT2D eigenvalue weighted by Gasteiger charge is 2.30. The van der Waals surface area contributed by atoms with E-state index < -0.39 is 5.76 Å². The lowest BCUT2D eigenvalue weighted by molar-refractivity contribution is -0.118. The van der Waals surface area contributed by atoms with Crippen LogP contribution in [0.1, 0.15) is 92.4 Å². The average molecular weight is 416 g/mol. The van der Waals surface area contributed by atoms with E-state index >= 15 is 0 Å². The Bertz CT molecular complexity index is 706. The predicted octanol–water partition coefficient (Wildman–Crippen LogP) is 6.60. The Morgan fingerprint density at radius 1 is 1.00 bits per heavy atom. The molecular formula is C26H41NO3. The van der Waals surface area contributed by atoms with Gasteiger partial charge in [0.15, 0.2) is 5.76 Å². The third kappa shape index (κ3) is 8.73. The second kappa shape index (κ2) is 14.0. The standard InChI is InChI=1S/C26H41NO3/c1-6-8-10-15-22-25(23(28)19-24(29)26(22)30)27(17-11-9-7-2)18-16-21(5)14-12-13-20(3)4/h13,16,19,29H,6-12,14-15,17-18H2,1-5H3. The van der Waals surface area contributed by atoms with Crippen molar-refractivity contribution < 1.29 is 14.7 Å². The summed E-state index contributed by atoms with van der Waals surface area (Å²) >= 11 is 0. The summed E-state index contributed by atoms with van der Waals surface area (Å²) in [5, 5.41) is 9.97. The molecule has 0 spiro atoms. The first-order chi connectivity index (χ1) is 14.3. The lowest BCUT2D eigenvalue weighted by Gasteiger charge is -2.29. The Morgan fingerprint density at radius 2 is 1.67 bits per heavy atom. The molecule has 0 heterocycles. The molecule has 0 amide bonds. The molecule has 0 atom stereocenters. The molecule has 30 heavy (non-hydrogen) atoms. The van der Waals surface area contributed by atoms with Crippen molar-refractivity contribution in [3.8, 4) is 0 Å². The summed E-state index contributed by atoms with van der Waals surface area (Å²) in [4.78, 5) is 27.6. The van der Waals surface area contributed by atoms with Crippen LogP contribution in [-0.4, -0.2) is 34.7 Å². The van der Waals surface area contributed by atoms with Gasteiger partial charge in [0.1, 0.15) is 0 Å². The van der Waals surface area contributed by atoms with Gasteiger partial charge in [-0.15, -0.1) is 0 Å². The van der Waals surface area contributed by atoms with Gasteiger partial charge in [-0.3, -0.25) is 9.59 Å². The Balaban J connectivity index is 3.12. The van der Waals surface area contributed by atoms with Crippen molar-refractivity contribution in [3.05, 3.63) is 46.4 Å². The molecule has 0 aromatic carbocycles. The van der Waals surface area contributed by atoms with Gasteiger partial charge in [0.2, 0.25) is 11.6 Å². The van der Waals surface area contributed by atoms with E-state index in [-0.39, 0.29) is 11.6 Å². The Labute approximate surface area is 183 Å². The molecule has 0 fully saturated rings. The number of hydrogen-bond donors (Lipinski definition) is 1. The first-order valence-corrected chi connectivity index (χ1v) is 11.6. The van der Waals surface area contributed by atoms with E-state index in [0.717, 1.165) is 64.0 Å². The van der Waals surface area contributed by atoms with Crippen molar-refractivity contribution >= 4 is 11.6 Å². The van der Waals surface area contributed by atoms with Gasteiger partial charge < -0.3 is 10.0 Å². The van der Waals surface area contributed by atoms with Crippen molar-refractivity contribution in [2.45, 2.75) is 92.4 Å². The highest BCUT2D eigenvalue weighted by molar-refractivity contribution is 6.21. The van der Waals surface area contributed by atoms with E-state index in [1.54, 1.807) is 0 Å². The van der Waals surface area contributed by atoms with E-state index in [4.69, 9.17) is 0 Å². The molecule has 1 N–H and O–H groups in total. The lowest BCUT2D eigenvalue weighted by atomic mass is 9.92. The molecule has 0 saturated heterocycles. The molecule has 0 aromatic heterocycles. The molecule has 0 radical (unpaired) electrons. The summed E-state index contributed by atoms with van der Waals surface area (Å²) in [5.41, 5.74) is 3.59. The number of rotatable bonds is 14. The first-order valence-electron chi connectivity index (χ1n) is 11.6. The smallest absolute Gasteiger partial charge is 0.225 e. The third-order valence-corrected chi connectivity index (χ3v) is 5.42. The van der Waals surface area contributed by atoms with Gasteiger partial charge in [0, 0.05) is 24.7 Å². The zero-order valence-electron chi connectivity index (χ0n) is 19.7. The number of aliphatic hydroxyl groups is 1. The van der Waals surface area contributed by atoms with Gasteiger partial charge >= 0.3 is 0 Å². The van der Waals surface area contributed by atoms with E-state index in [9.17, 15) is 14.7 Å². The molecule has 0 aromatic rings. The number of hydrogen-bond acceptors (Lipinski definition) is 4. The summed E-state index contributed by atoms with van der Waals surface area (Å²) in [5.74, 6) is -1.05. The van der Waals surface area contributed by atoms with Crippen LogP contribution in [0, 0.1) is 0 Å². The van der Waals surface area contributed by atoms with Gasteiger partial charge in [-0.25, -0.2) is 0 Å². The Kier molecular flexibility index (Phi) is 12.1. The van der Waals surface area contributed by atoms with Crippen molar-refractivity contribution in [1.29, 1.82) is 0 Å². The zero-order valence-corrected chi connectivity index (χ0v) is 19.7. The van der Waals surface area contributed by atoms with Gasteiger partial charge in [-0.1, -0.05) is 62.8 Å². The number of aliphatic hydroxyl groups excluding tert-OH is 1. The van der Waals surface area contributed by atoms with E-state index in [2.05, 4.69) is 51.7 Å². The first kappa shape index (κ1) is 25.9. The van der Waals surface area contributed by atoms with Gasteiger partial charge in [0.05, 0.1) is 5.70 Å². The average Bonchev–Trinajstić information content (AvgIpc) is 2.69. The molecule has 0 aliphatic heterocycles. The van der Waals surface area contributed by atoms with Crippen LogP contribution in [0.3, 0.4) is 0 Å². The molecular weight excluding hydrogens is 374 g/mol. The molecule has 4 heteroatoms. The molecule has 1 rings (SSSR count). The highest BCUT2D eigenvalue weighted by Crippen LogP contribution is 2.26. The normalized spacial score (nSPS) is 14.8. The van der Waals surface area contributed by atoms with Crippen LogP contribution in [0.4, 0.5) is 0 Å². The monoisotopic (exact) mass is 415 g/mol. The molecule has 0 saturated carbocycles.